The third-order valence-corrected chi connectivity index (χ3v) is 3.11. The molecule has 0 saturated heterocycles. The van der Waals surface area contributed by atoms with E-state index in [1.165, 1.54) is 0 Å². The van der Waals surface area contributed by atoms with Crippen molar-refractivity contribution in [1.29, 1.82) is 5.26 Å². The summed E-state index contributed by atoms with van der Waals surface area (Å²) in [6, 6.07) is 15.4. The van der Waals surface area contributed by atoms with Crippen LogP contribution in [-0.2, 0) is 6.42 Å². The smallest absolute Gasteiger partial charge is 0.125 e. The number of nitrogens with zero attached hydrogens (tertiary/aromatic N) is 5. The molecular formula is C16H14N6. The van der Waals surface area contributed by atoms with Crippen LogP contribution in [0, 0.1) is 11.3 Å². The molecule has 0 atom stereocenters. The fourth-order valence-corrected chi connectivity index (χ4v) is 1.98. The summed E-state index contributed by atoms with van der Waals surface area (Å²) in [6.07, 6.45) is 4.06. The molecule has 0 radical (unpaired) electrons. The lowest BCUT2D eigenvalue weighted by Gasteiger charge is -2.03. The Morgan fingerprint density at radius 2 is 1.95 bits per heavy atom. The van der Waals surface area contributed by atoms with Gasteiger partial charge in [-0.05, 0) is 24.3 Å². The van der Waals surface area contributed by atoms with Crippen LogP contribution in [0.15, 0.2) is 54.9 Å². The van der Waals surface area contributed by atoms with E-state index in [-0.39, 0.29) is 0 Å². The maximum absolute atomic E-state index is 8.72. The van der Waals surface area contributed by atoms with Gasteiger partial charge in [0.15, 0.2) is 0 Å². The van der Waals surface area contributed by atoms with E-state index in [0.717, 1.165) is 23.6 Å². The molecule has 108 valence electrons. The molecule has 0 unspecified atom stereocenters. The average Bonchev–Trinajstić information content (AvgIpc) is 3.05. The third-order valence-electron chi connectivity index (χ3n) is 3.11. The first-order valence-electron chi connectivity index (χ1n) is 6.92. The summed E-state index contributed by atoms with van der Waals surface area (Å²) in [7, 11) is 0. The quantitative estimate of drug-likeness (QED) is 0.779. The first-order valence-corrected chi connectivity index (χ1v) is 6.92. The molecule has 1 aromatic carbocycles. The van der Waals surface area contributed by atoms with Gasteiger partial charge in [0.1, 0.15) is 11.9 Å². The Hall–Kier alpha value is -3.20. The van der Waals surface area contributed by atoms with E-state index in [2.05, 4.69) is 20.5 Å². The number of nitriles is 1. The minimum atomic E-state index is 0.552. The average molecular weight is 290 g/mol. The molecule has 22 heavy (non-hydrogen) atoms. The van der Waals surface area contributed by atoms with Gasteiger partial charge in [0.2, 0.25) is 0 Å². The topological polar surface area (TPSA) is 79.4 Å². The van der Waals surface area contributed by atoms with E-state index >= 15 is 0 Å². The van der Waals surface area contributed by atoms with Gasteiger partial charge in [-0.3, -0.25) is 0 Å². The van der Waals surface area contributed by atoms with Crippen LogP contribution < -0.4 is 5.32 Å². The molecule has 0 amide bonds. The van der Waals surface area contributed by atoms with Gasteiger partial charge in [0, 0.05) is 19.2 Å². The number of para-hydroxylation sites is 1. The molecule has 6 nitrogen and oxygen atoms in total. The lowest BCUT2D eigenvalue weighted by atomic mass is 10.3. The van der Waals surface area contributed by atoms with Crippen molar-refractivity contribution in [3.8, 4) is 11.8 Å². The van der Waals surface area contributed by atoms with Gasteiger partial charge in [-0.2, -0.15) is 20.3 Å². The van der Waals surface area contributed by atoms with Gasteiger partial charge in [-0.25, -0.2) is 4.98 Å². The van der Waals surface area contributed by atoms with Gasteiger partial charge in [-0.1, -0.05) is 18.2 Å². The Labute approximate surface area is 128 Å². The van der Waals surface area contributed by atoms with E-state index in [0.29, 0.717) is 12.1 Å². The SMILES string of the molecule is N#Cc1ccc(NCCc2cnn(-c3ccccc3)n2)nc1. The first kappa shape index (κ1) is 13.8. The van der Waals surface area contributed by atoms with Gasteiger partial charge >= 0.3 is 0 Å². The summed E-state index contributed by atoms with van der Waals surface area (Å²) in [6.45, 7) is 0.701. The van der Waals surface area contributed by atoms with Crippen LogP contribution >= 0.6 is 0 Å². The summed E-state index contributed by atoms with van der Waals surface area (Å²) in [4.78, 5) is 5.78. The summed E-state index contributed by atoms with van der Waals surface area (Å²) >= 11 is 0. The minimum absolute atomic E-state index is 0.552. The second kappa shape index (κ2) is 6.50. The zero-order chi connectivity index (χ0) is 15.2. The molecule has 0 aliphatic carbocycles. The number of rotatable bonds is 5. The lowest BCUT2D eigenvalue weighted by molar-refractivity contribution is 0.737. The predicted octanol–water partition coefficient (Wildman–Crippen LogP) is 2.19. The zero-order valence-corrected chi connectivity index (χ0v) is 11.8. The van der Waals surface area contributed by atoms with Gasteiger partial charge in [0.05, 0.1) is 23.1 Å². The molecule has 1 N–H and O–H groups in total. The summed E-state index contributed by atoms with van der Waals surface area (Å²) in [5.74, 6) is 0.745. The molecule has 0 bridgehead atoms. The fraction of sp³-hybridized carbons (Fsp3) is 0.125. The van der Waals surface area contributed by atoms with Crippen molar-refractivity contribution in [1.82, 2.24) is 20.0 Å². The highest BCUT2D eigenvalue weighted by molar-refractivity contribution is 5.39. The number of hydrogen-bond acceptors (Lipinski definition) is 5. The van der Waals surface area contributed by atoms with Crippen molar-refractivity contribution >= 4 is 5.82 Å². The van der Waals surface area contributed by atoms with Crippen LogP contribution in [0.4, 0.5) is 5.82 Å². The number of aromatic nitrogens is 4. The normalized spacial score (nSPS) is 10.1. The van der Waals surface area contributed by atoms with Gasteiger partial charge in [0.25, 0.3) is 0 Å². The molecule has 0 aliphatic heterocycles. The van der Waals surface area contributed by atoms with E-state index in [4.69, 9.17) is 5.26 Å². The van der Waals surface area contributed by atoms with E-state index in [1.54, 1.807) is 29.3 Å². The monoisotopic (exact) mass is 290 g/mol. The van der Waals surface area contributed by atoms with Gasteiger partial charge in [-0.15, -0.1) is 0 Å². The van der Waals surface area contributed by atoms with Crippen molar-refractivity contribution < 1.29 is 0 Å². The minimum Gasteiger partial charge on any atom is -0.370 e. The Balaban J connectivity index is 1.56. The van der Waals surface area contributed by atoms with Crippen molar-refractivity contribution in [2.45, 2.75) is 6.42 Å². The maximum atomic E-state index is 8.72. The van der Waals surface area contributed by atoms with Crippen LogP contribution in [0.25, 0.3) is 5.69 Å². The van der Waals surface area contributed by atoms with Gasteiger partial charge < -0.3 is 5.32 Å². The standard InChI is InChI=1S/C16H14N6/c17-10-13-6-7-16(19-11-13)18-9-8-14-12-20-22(21-14)15-4-2-1-3-5-15/h1-7,11-12H,8-9H2,(H,18,19). The number of anilines is 1. The number of hydrogen-bond donors (Lipinski definition) is 1. The third kappa shape index (κ3) is 3.27. The molecule has 0 aliphatic rings. The van der Waals surface area contributed by atoms with Crippen molar-refractivity contribution in [3.63, 3.8) is 0 Å². The Morgan fingerprint density at radius 3 is 2.68 bits per heavy atom. The fourth-order valence-electron chi connectivity index (χ4n) is 1.98. The summed E-state index contributed by atoms with van der Waals surface area (Å²) in [5.41, 5.74) is 2.40. The lowest BCUT2D eigenvalue weighted by Crippen LogP contribution is -2.07. The largest absolute Gasteiger partial charge is 0.370 e. The predicted molar refractivity (Wildman–Crippen MR) is 82.5 cm³/mol. The maximum Gasteiger partial charge on any atom is 0.125 e. The molecule has 2 heterocycles. The van der Waals surface area contributed by atoms with E-state index < -0.39 is 0 Å². The number of benzene rings is 1. The molecule has 3 aromatic rings. The highest BCUT2D eigenvalue weighted by atomic mass is 15.5. The van der Waals surface area contributed by atoms with E-state index in [9.17, 15) is 0 Å². The first-order chi connectivity index (χ1) is 10.8. The number of nitrogens with one attached hydrogen (secondary N) is 1. The Bertz CT molecular complexity index is 770. The van der Waals surface area contributed by atoms with Crippen LogP contribution in [-0.4, -0.2) is 26.5 Å². The van der Waals surface area contributed by atoms with Crippen molar-refractivity contribution in [3.05, 3.63) is 66.1 Å². The highest BCUT2D eigenvalue weighted by Gasteiger charge is 2.02. The Morgan fingerprint density at radius 1 is 1.09 bits per heavy atom. The molecular weight excluding hydrogens is 276 g/mol. The molecule has 0 spiro atoms. The van der Waals surface area contributed by atoms with Crippen LogP contribution in [0.3, 0.4) is 0 Å². The zero-order valence-electron chi connectivity index (χ0n) is 11.8. The van der Waals surface area contributed by atoms with Crippen LogP contribution in [0.2, 0.25) is 0 Å². The molecule has 3 rings (SSSR count). The molecule has 0 saturated carbocycles. The summed E-state index contributed by atoms with van der Waals surface area (Å²) in [5, 5.41) is 20.6. The van der Waals surface area contributed by atoms with Crippen molar-refractivity contribution in [2.24, 2.45) is 0 Å². The second-order valence-electron chi connectivity index (χ2n) is 4.68. The van der Waals surface area contributed by atoms with Crippen LogP contribution in [0.5, 0.6) is 0 Å². The highest BCUT2D eigenvalue weighted by Crippen LogP contribution is 2.06. The van der Waals surface area contributed by atoms with Crippen LogP contribution in [0.1, 0.15) is 11.3 Å². The van der Waals surface area contributed by atoms with E-state index in [1.807, 2.05) is 36.4 Å². The summed E-state index contributed by atoms with van der Waals surface area (Å²) < 4.78 is 0. The molecule has 0 fully saturated rings. The van der Waals surface area contributed by atoms with Crippen molar-refractivity contribution in [2.75, 3.05) is 11.9 Å². The molecule has 6 heteroatoms. The number of pyridine rings is 1. The second-order valence-corrected chi connectivity index (χ2v) is 4.68. The Kier molecular flexibility index (Phi) is 4.07. The molecule has 2 aromatic heterocycles.